The zero-order valence-electron chi connectivity index (χ0n) is 20.4. The Kier molecular flexibility index (Phi) is 6.34. The maximum atomic E-state index is 13.0. The maximum Gasteiger partial charge on any atom is 0.344 e. The van der Waals surface area contributed by atoms with Crippen LogP contribution >= 0.6 is 0 Å². The Morgan fingerprint density at radius 3 is 2.50 bits per heavy atom. The number of nitrogens with one attached hydrogen (secondary N) is 1. The first-order valence-corrected chi connectivity index (χ1v) is 12.7. The van der Waals surface area contributed by atoms with Crippen LogP contribution in [-0.4, -0.2) is 69.8 Å². The van der Waals surface area contributed by atoms with Crippen molar-refractivity contribution in [2.45, 2.75) is 64.5 Å². The fourth-order valence-electron chi connectivity index (χ4n) is 6.05. The zero-order valence-corrected chi connectivity index (χ0v) is 20.4. The van der Waals surface area contributed by atoms with Crippen molar-refractivity contribution in [1.82, 2.24) is 19.6 Å². The van der Waals surface area contributed by atoms with Crippen molar-refractivity contribution in [1.29, 1.82) is 0 Å². The average molecular weight is 465 g/mol. The number of rotatable bonds is 4. The van der Waals surface area contributed by atoms with Crippen LogP contribution in [0.15, 0.2) is 30.5 Å². The van der Waals surface area contributed by atoms with Crippen LogP contribution in [0.25, 0.3) is 0 Å². The van der Waals surface area contributed by atoms with Gasteiger partial charge in [-0.25, -0.2) is 4.79 Å². The summed E-state index contributed by atoms with van der Waals surface area (Å²) in [5.74, 6) is 0.211. The van der Waals surface area contributed by atoms with Crippen LogP contribution in [0, 0.1) is 6.92 Å². The van der Waals surface area contributed by atoms with Gasteiger partial charge >= 0.3 is 6.03 Å². The minimum Gasteiger partial charge on any atom is -0.372 e. The summed E-state index contributed by atoms with van der Waals surface area (Å²) in [6.45, 7) is 9.55. The van der Waals surface area contributed by atoms with E-state index < -0.39 is 0 Å². The van der Waals surface area contributed by atoms with Crippen LogP contribution in [0.4, 0.5) is 16.3 Å². The third-order valence-electron chi connectivity index (χ3n) is 7.76. The molecule has 8 heteroatoms. The first-order chi connectivity index (χ1) is 16.4. The lowest BCUT2D eigenvalue weighted by Gasteiger charge is -2.45. The topological polar surface area (TPSA) is 73.7 Å². The Hall–Kier alpha value is -2.87. The van der Waals surface area contributed by atoms with E-state index in [-0.39, 0.29) is 17.5 Å². The van der Waals surface area contributed by atoms with Crippen LogP contribution in [0.3, 0.4) is 0 Å². The van der Waals surface area contributed by atoms with Crippen LogP contribution in [0.5, 0.6) is 0 Å². The number of likely N-dealkylation sites (tertiary alicyclic amines) is 2. The van der Waals surface area contributed by atoms with Gasteiger partial charge in [0.15, 0.2) is 5.82 Å². The Balaban J connectivity index is 1.23. The minimum absolute atomic E-state index is 0.120. The zero-order chi connectivity index (χ0) is 23.7. The van der Waals surface area contributed by atoms with Crippen LogP contribution < -0.4 is 10.2 Å². The second kappa shape index (κ2) is 9.41. The van der Waals surface area contributed by atoms with Gasteiger partial charge in [0.25, 0.3) is 0 Å². The van der Waals surface area contributed by atoms with Gasteiger partial charge in [-0.15, -0.1) is 5.10 Å². The predicted molar refractivity (Wildman–Crippen MR) is 133 cm³/mol. The highest BCUT2D eigenvalue weighted by molar-refractivity contribution is 5.88. The van der Waals surface area contributed by atoms with Crippen molar-refractivity contribution in [3.63, 3.8) is 0 Å². The molecule has 2 amide bonds. The summed E-state index contributed by atoms with van der Waals surface area (Å²) in [4.78, 5) is 31.3. The Bertz CT molecular complexity index is 1050. The quantitative estimate of drug-likeness (QED) is 0.744. The Morgan fingerprint density at radius 1 is 1.00 bits per heavy atom. The van der Waals surface area contributed by atoms with Gasteiger partial charge in [0.05, 0.1) is 0 Å². The molecule has 1 aromatic heterocycles. The number of aromatic nitrogens is 2. The second-order valence-corrected chi connectivity index (χ2v) is 10.2. The molecule has 1 aromatic carbocycles. The van der Waals surface area contributed by atoms with Crippen molar-refractivity contribution in [3.05, 3.63) is 41.6 Å². The highest BCUT2D eigenvalue weighted by Crippen LogP contribution is 2.40. The summed E-state index contributed by atoms with van der Waals surface area (Å²) in [6.07, 6.45) is 8.61. The summed E-state index contributed by atoms with van der Waals surface area (Å²) in [6, 6.07) is 8.60. The highest BCUT2D eigenvalue weighted by atomic mass is 16.2. The van der Waals surface area contributed by atoms with Crippen LogP contribution in [0.1, 0.15) is 56.6 Å². The lowest BCUT2D eigenvalue weighted by Crippen LogP contribution is -2.53. The summed E-state index contributed by atoms with van der Waals surface area (Å²) in [5.41, 5.74) is 4.30. The van der Waals surface area contributed by atoms with Crippen LogP contribution in [-0.2, 0) is 11.3 Å². The molecule has 3 saturated heterocycles. The number of nitrogens with zero attached hydrogens (tertiary/aromatic N) is 5. The fraction of sp³-hybridized carbons (Fsp3) is 0.577. The molecule has 5 rings (SSSR count). The summed E-state index contributed by atoms with van der Waals surface area (Å²) < 4.78 is 1.34. The standard InChI is InChI=1S/C26H36N6O2/c1-20-16-22(18-23(17-20)29-10-3-4-11-29)19-31-12-5-7-26(31)8-14-30(15-9-26)25(34)32-13-6-24(28-32)27-21(2)33/h6,13,16-18H,3-5,7-12,14-15,19H2,1-2H3,(H,27,28,33). The molecule has 3 aliphatic rings. The van der Waals surface area contributed by atoms with Gasteiger partial charge in [0, 0.05) is 63.1 Å². The van der Waals surface area contributed by atoms with E-state index in [1.165, 1.54) is 67.2 Å². The SMILES string of the molecule is CC(=O)Nc1ccn(C(=O)N2CCC3(CCCN3Cc3cc(C)cc(N4CCCC4)c3)CC2)n1. The molecular formula is C26H36N6O2. The number of carbonyl (C=O) groups excluding carboxylic acids is 2. The molecule has 0 bridgehead atoms. The van der Waals surface area contributed by atoms with Crippen molar-refractivity contribution in [2.75, 3.05) is 42.9 Å². The number of amides is 2. The largest absolute Gasteiger partial charge is 0.372 e. The van der Waals surface area contributed by atoms with Crippen molar-refractivity contribution >= 4 is 23.4 Å². The van der Waals surface area contributed by atoms with E-state index in [0.29, 0.717) is 5.82 Å². The van der Waals surface area contributed by atoms with E-state index in [1.54, 1.807) is 12.3 Å². The second-order valence-electron chi connectivity index (χ2n) is 10.2. The molecule has 8 nitrogen and oxygen atoms in total. The highest BCUT2D eigenvalue weighted by Gasteiger charge is 2.43. The molecule has 4 heterocycles. The molecule has 182 valence electrons. The molecular weight excluding hydrogens is 428 g/mol. The molecule has 0 aliphatic carbocycles. The van der Waals surface area contributed by atoms with Gasteiger partial charge in [-0.3, -0.25) is 9.69 Å². The molecule has 0 atom stereocenters. The van der Waals surface area contributed by atoms with Gasteiger partial charge < -0.3 is 15.1 Å². The van der Waals surface area contributed by atoms with Crippen molar-refractivity contribution in [2.24, 2.45) is 0 Å². The Labute approximate surface area is 201 Å². The molecule has 34 heavy (non-hydrogen) atoms. The molecule has 2 aromatic rings. The molecule has 3 aliphatic heterocycles. The number of aryl methyl sites for hydroxylation is 1. The van der Waals surface area contributed by atoms with E-state index in [0.717, 1.165) is 39.0 Å². The van der Waals surface area contributed by atoms with E-state index in [4.69, 9.17) is 0 Å². The third-order valence-corrected chi connectivity index (χ3v) is 7.76. The minimum atomic E-state index is -0.194. The number of carbonyl (C=O) groups is 2. The fourth-order valence-corrected chi connectivity index (χ4v) is 6.05. The maximum absolute atomic E-state index is 13.0. The average Bonchev–Trinajstić information content (AvgIpc) is 3.56. The van der Waals surface area contributed by atoms with Crippen molar-refractivity contribution < 1.29 is 9.59 Å². The predicted octanol–water partition coefficient (Wildman–Crippen LogP) is 3.85. The first kappa shape index (κ1) is 22.9. The molecule has 0 saturated carbocycles. The number of piperidine rings is 1. The lowest BCUT2D eigenvalue weighted by atomic mass is 9.84. The van der Waals surface area contributed by atoms with Gasteiger partial charge in [-0.05, 0) is 75.3 Å². The summed E-state index contributed by atoms with van der Waals surface area (Å²) in [5, 5.41) is 6.84. The Morgan fingerprint density at radius 2 is 1.76 bits per heavy atom. The van der Waals surface area contributed by atoms with Gasteiger partial charge in [0.2, 0.25) is 5.91 Å². The molecule has 3 fully saturated rings. The van der Waals surface area contributed by atoms with E-state index in [2.05, 4.69) is 45.3 Å². The smallest absolute Gasteiger partial charge is 0.344 e. The monoisotopic (exact) mass is 464 g/mol. The van der Waals surface area contributed by atoms with E-state index in [9.17, 15) is 9.59 Å². The van der Waals surface area contributed by atoms with E-state index in [1.807, 2.05) is 4.90 Å². The van der Waals surface area contributed by atoms with Gasteiger partial charge in [-0.2, -0.15) is 4.68 Å². The normalized spacial score (nSPS) is 20.3. The lowest BCUT2D eigenvalue weighted by molar-refractivity contribution is -0.114. The van der Waals surface area contributed by atoms with Gasteiger partial charge in [-0.1, -0.05) is 6.07 Å². The first-order valence-electron chi connectivity index (χ1n) is 12.7. The van der Waals surface area contributed by atoms with Gasteiger partial charge in [0.1, 0.15) is 0 Å². The number of hydrogen-bond acceptors (Lipinski definition) is 5. The molecule has 0 radical (unpaired) electrons. The van der Waals surface area contributed by atoms with Crippen LogP contribution in [0.2, 0.25) is 0 Å². The summed E-state index contributed by atoms with van der Waals surface area (Å²) >= 11 is 0. The molecule has 1 spiro atoms. The molecule has 0 unspecified atom stereocenters. The number of anilines is 2. The third kappa shape index (κ3) is 4.69. The van der Waals surface area contributed by atoms with Crippen molar-refractivity contribution in [3.8, 4) is 0 Å². The number of hydrogen-bond donors (Lipinski definition) is 1. The molecule has 1 N–H and O–H groups in total. The number of benzene rings is 1. The summed E-state index contributed by atoms with van der Waals surface area (Å²) in [7, 11) is 0. The van der Waals surface area contributed by atoms with E-state index >= 15 is 0 Å².